The molecule has 7 heterocycles. The molecule has 272 valence electrons. The zero-order valence-corrected chi connectivity index (χ0v) is 31.1. The fourth-order valence-corrected chi connectivity index (χ4v) is 6.37. The van der Waals surface area contributed by atoms with Crippen LogP contribution in [0.3, 0.4) is 0 Å². The highest BCUT2D eigenvalue weighted by atomic mass is 35.5. The van der Waals surface area contributed by atoms with Gasteiger partial charge in [0.15, 0.2) is 11.6 Å². The summed E-state index contributed by atoms with van der Waals surface area (Å²) in [6.07, 6.45) is 19.2. The van der Waals surface area contributed by atoms with Crippen LogP contribution in [0.25, 0.3) is 22.6 Å². The largest absolute Gasteiger partial charge is 0.501 e. The minimum absolute atomic E-state index is 0.124. The van der Waals surface area contributed by atoms with Crippen molar-refractivity contribution in [3.05, 3.63) is 133 Å². The Labute approximate surface area is 319 Å². The number of nitrogens with zero attached hydrogens (tertiary/aromatic N) is 8. The van der Waals surface area contributed by atoms with Gasteiger partial charge in [-0.3, -0.25) is 19.6 Å². The van der Waals surface area contributed by atoms with E-state index in [1.54, 1.807) is 52.6 Å². The molecule has 12 nitrogen and oxygen atoms in total. The molecular weight excluding hydrogens is 703 g/mol. The first-order chi connectivity index (χ1) is 26.0. The monoisotopic (exact) mass is 741 g/mol. The van der Waals surface area contributed by atoms with Gasteiger partial charge >= 0.3 is 7.12 Å². The Morgan fingerprint density at radius 1 is 0.722 bits per heavy atom. The van der Waals surface area contributed by atoms with Crippen molar-refractivity contribution < 1.29 is 18.9 Å². The summed E-state index contributed by atoms with van der Waals surface area (Å²) in [6.45, 7) is 9.96. The number of pyridine rings is 4. The number of fused-ring (bicyclic) bond motifs is 2. The topological polar surface area (TPSA) is 140 Å². The molecule has 0 bridgehead atoms. The van der Waals surface area contributed by atoms with Crippen LogP contribution in [0.4, 0.5) is 0 Å². The van der Waals surface area contributed by atoms with Crippen LogP contribution in [0.15, 0.2) is 98.1 Å². The zero-order chi connectivity index (χ0) is 37.9. The Balaban J connectivity index is 0.000000130. The lowest BCUT2D eigenvalue weighted by molar-refractivity contribution is 0.0262. The van der Waals surface area contributed by atoms with Crippen molar-refractivity contribution in [1.29, 1.82) is 0 Å². The molecule has 1 atom stereocenters. The molecule has 0 saturated carbocycles. The highest BCUT2D eigenvalue weighted by Crippen LogP contribution is 2.36. The number of carbonyl (C=O) groups is 2. The summed E-state index contributed by atoms with van der Waals surface area (Å²) in [6, 6.07) is 15.2. The fraction of sp³-hybridized carbons (Fsp3) is 0.275. The van der Waals surface area contributed by atoms with E-state index < -0.39 is 18.3 Å². The molecule has 9 rings (SSSR count). The maximum absolute atomic E-state index is 12.0. The molecule has 6 aromatic heterocycles. The first-order valence-corrected chi connectivity index (χ1v) is 18.2. The molecular formula is C40H39BClN8O4+. The second kappa shape index (κ2) is 15.5. The van der Waals surface area contributed by atoms with Gasteiger partial charge in [-0.15, -0.1) is 0 Å². The van der Waals surface area contributed by atoms with Gasteiger partial charge < -0.3 is 9.31 Å². The van der Waals surface area contributed by atoms with E-state index in [4.69, 9.17) is 20.9 Å². The molecule has 0 spiro atoms. The van der Waals surface area contributed by atoms with Crippen molar-refractivity contribution in [2.75, 3.05) is 0 Å². The van der Waals surface area contributed by atoms with E-state index in [1.807, 2.05) is 75.6 Å². The van der Waals surface area contributed by atoms with Gasteiger partial charge in [0.05, 0.1) is 42.6 Å². The smallest absolute Gasteiger partial charge is 0.395 e. The summed E-state index contributed by atoms with van der Waals surface area (Å²) in [5.41, 5.74) is 6.59. The average molecular weight is 742 g/mol. The minimum Gasteiger partial charge on any atom is -0.395 e. The number of aryl methyl sites for hydroxylation is 2. The molecule has 0 N–H and O–H groups in total. The predicted octanol–water partition coefficient (Wildman–Crippen LogP) is 6.48. The summed E-state index contributed by atoms with van der Waals surface area (Å²) in [5.74, 6) is 0.265. The Hall–Kier alpha value is -5.50. The summed E-state index contributed by atoms with van der Waals surface area (Å²) >= 11 is 5.68. The van der Waals surface area contributed by atoms with Crippen molar-refractivity contribution in [2.24, 2.45) is 0 Å². The molecule has 1 saturated heterocycles. The molecule has 0 aromatic carbocycles. The summed E-state index contributed by atoms with van der Waals surface area (Å²) in [4.78, 5) is 40.1. The number of hydrogen-bond acceptors (Lipinski definition) is 10. The zero-order valence-electron chi connectivity index (χ0n) is 30.4. The number of hydrogen-bond donors (Lipinski definition) is 0. The SMILES string of the molecule is O=C1CCCc2ccc(-c3cnn(-c4cccnc4)c3)nc21.O=C1CCCc2ccc(Cl)nc21.[CH2+]C1(C)OB(c2cnn(-c3cccnc3)c2)OC1(C)C. The highest BCUT2D eigenvalue weighted by molar-refractivity contribution is 6.62. The van der Waals surface area contributed by atoms with Crippen LogP contribution < -0.4 is 5.46 Å². The van der Waals surface area contributed by atoms with Crippen molar-refractivity contribution in [3.8, 4) is 22.6 Å². The van der Waals surface area contributed by atoms with Crippen molar-refractivity contribution in [1.82, 2.24) is 39.5 Å². The molecule has 2 aliphatic carbocycles. The molecule has 54 heavy (non-hydrogen) atoms. The third-order valence-electron chi connectivity index (χ3n) is 9.77. The normalized spacial score (nSPS) is 18.5. The number of rotatable bonds is 4. The van der Waals surface area contributed by atoms with Crippen molar-refractivity contribution in [2.45, 2.75) is 70.5 Å². The maximum atomic E-state index is 12.0. The van der Waals surface area contributed by atoms with Gasteiger partial charge in [0.1, 0.15) is 22.1 Å². The first kappa shape index (κ1) is 36.8. The molecule has 1 aliphatic heterocycles. The third kappa shape index (κ3) is 8.03. The third-order valence-corrected chi connectivity index (χ3v) is 9.98. The van der Waals surface area contributed by atoms with Crippen LogP contribution >= 0.6 is 11.6 Å². The van der Waals surface area contributed by atoms with E-state index in [0.717, 1.165) is 64.9 Å². The van der Waals surface area contributed by atoms with Crippen LogP contribution in [0.2, 0.25) is 5.15 Å². The standard InChI is InChI=1S/C17H14N4O.C14H17BN3O2.C9H8ClNO/c22-16-5-1-3-12-6-7-15(20-17(12)16)13-9-19-21(11-13)14-4-2-8-18-10-14;1-13(2)14(3,4)20-15(19-13)11-8-17-18(10-11)12-6-5-7-16-9-12;10-8-5-4-6-2-1-3-7(12)9(6)11-8/h2,4,6-11H,1,3,5H2;5-10H,1H2,2-4H3;4-5H,1-3H2/q;+1;. The second-order valence-corrected chi connectivity index (χ2v) is 14.4. The predicted molar refractivity (Wildman–Crippen MR) is 205 cm³/mol. The number of ketones is 2. The molecule has 1 unspecified atom stereocenters. The summed E-state index contributed by atoms with van der Waals surface area (Å²) in [7, 11) is -0.446. The van der Waals surface area contributed by atoms with E-state index in [1.165, 1.54) is 0 Å². The van der Waals surface area contributed by atoms with Gasteiger partial charge in [-0.2, -0.15) is 10.2 Å². The van der Waals surface area contributed by atoms with E-state index in [2.05, 4.69) is 37.1 Å². The van der Waals surface area contributed by atoms with Crippen LogP contribution in [0, 0.1) is 6.92 Å². The van der Waals surface area contributed by atoms with E-state index in [-0.39, 0.29) is 11.6 Å². The van der Waals surface area contributed by atoms with Gasteiger partial charge in [-0.25, -0.2) is 19.3 Å². The summed E-state index contributed by atoms with van der Waals surface area (Å²) < 4.78 is 15.3. The number of carbonyl (C=O) groups excluding carboxylic acids is 2. The molecule has 14 heteroatoms. The van der Waals surface area contributed by atoms with Gasteiger partial charge in [0, 0.05) is 61.8 Å². The van der Waals surface area contributed by atoms with E-state index in [0.29, 0.717) is 29.4 Å². The van der Waals surface area contributed by atoms with Gasteiger partial charge in [-0.1, -0.05) is 23.7 Å². The molecule has 6 aromatic rings. The van der Waals surface area contributed by atoms with E-state index in [9.17, 15) is 9.59 Å². The van der Waals surface area contributed by atoms with E-state index >= 15 is 0 Å². The lowest BCUT2D eigenvalue weighted by Crippen LogP contribution is -2.42. The molecule has 1 fully saturated rings. The molecule has 3 aliphatic rings. The highest BCUT2D eigenvalue weighted by Gasteiger charge is 2.57. The van der Waals surface area contributed by atoms with Crippen molar-refractivity contribution >= 4 is 35.7 Å². The van der Waals surface area contributed by atoms with Crippen LogP contribution in [-0.2, 0) is 22.2 Å². The number of halogens is 1. The van der Waals surface area contributed by atoms with Crippen LogP contribution in [-0.4, -0.2) is 69.4 Å². The van der Waals surface area contributed by atoms with Gasteiger partial charge in [-0.05, 0) is 87.1 Å². The Bertz CT molecular complexity index is 2260. The maximum Gasteiger partial charge on any atom is 0.501 e. The Morgan fingerprint density at radius 3 is 1.91 bits per heavy atom. The molecule has 0 radical (unpaired) electrons. The fourth-order valence-electron chi connectivity index (χ4n) is 6.22. The average Bonchev–Trinajstić information content (AvgIpc) is 3.92. The minimum atomic E-state index is -0.589. The summed E-state index contributed by atoms with van der Waals surface area (Å²) in [5, 5.41) is 9.07. The van der Waals surface area contributed by atoms with Crippen molar-refractivity contribution in [3.63, 3.8) is 0 Å². The van der Waals surface area contributed by atoms with Crippen LogP contribution in [0.1, 0.15) is 78.6 Å². The first-order valence-electron chi connectivity index (χ1n) is 17.8. The van der Waals surface area contributed by atoms with Gasteiger partial charge in [0.25, 0.3) is 0 Å². The second-order valence-electron chi connectivity index (χ2n) is 14.0. The van der Waals surface area contributed by atoms with Gasteiger partial charge in [0.2, 0.25) is 5.60 Å². The quantitative estimate of drug-likeness (QED) is 0.112. The lowest BCUT2D eigenvalue weighted by atomic mass is 9.82. The molecule has 0 amide bonds. The number of Topliss-reactive ketones (excluding diaryl/α,β-unsaturated/α-hetero) is 2. The Kier molecular flexibility index (Phi) is 10.6. The Morgan fingerprint density at radius 2 is 1.31 bits per heavy atom. The van der Waals surface area contributed by atoms with Crippen LogP contribution in [0.5, 0.6) is 0 Å². The lowest BCUT2D eigenvalue weighted by Gasteiger charge is -2.25. The number of aromatic nitrogens is 8.